The molecule has 0 spiro atoms. The molecule has 0 unspecified atom stereocenters. The molecule has 3 aromatic carbocycles. The summed E-state index contributed by atoms with van der Waals surface area (Å²) in [6.07, 6.45) is 4.93. The highest BCUT2D eigenvalue weighted by atomic mass is 16.3. The van der Waals surface area contributed by atoms with Crippen LogP contribution < -0.4 is 0 Å². The standard InChI is InChI=1S/C16H22.2C6H6O/c1-15(2)10-14(11-16(3,4)12-15)13-8-6-5-7-9-13;2*7-6-4-2-1-3-5-6/h5-10H,11-12H2,1-4H3;2*1-5,7H. The van der Waals surface area contributed by atoms with Crippen molar-refractivity contribution in [1.82, 2.24) is 0 Å². The largest absolute Gasteiger partial charge is 0.508 e. The molecule has 3 aromatic rings. The minimum absolute atomic E-state index is 0.322. The quantitative estimate of drug-likeness (QED) is 0.438. The van der Waals surface area contributed by atoms with Crippen molar-refractivity contribution in [3.05, 3.63) is 103 Å². The van der Waals surface area contributed by atoms with Crippen molar-refractivity contribution in [2.45, 2.75) is 40.5 Å². The van der Waals surface area contributed by atoms with Gasteiger partial charge in [0.2, 0.25) is 0 Å². The summed E-state index contributed by atoms with van der Waals surface area (Å²) in [5, 5.41) is 17.3. The normalized spacial score (nSPS) is 16.1. The van der Waals surface area contributed by atoms with E-state index in [0.717, 1.165) is 0 Å². The van der Waals surface area contributed by atoms with Crippen LogP contribution in [0.5, 0.6) is 11.5 Å². The van der Waals surface area contributed by atoms with E-state index in [1.807, 2.05) is 12.1 Å². The summed E-state index contributed by atoms with van der Waals surface area (Å²) in [4.78, 5) is 0. The van der Waals surface area contributed by atoms with Crippen molar-refractivity contribution in [3.8, 4) is 11.5 Å². The molecule has 158 valence electrons. The first-order valence-corrected chi connectivity index (χ1v) is 10.4. The Balaban J connectivity index is 0.000000188. The summed E-state index contributed by atoms with van der Waals surface area (Å²) in [7, 11) is 0. The Bertz CT molecular complexity index is 858. The predicted molar refractivity (Wildman–Crippen MR) is 127 cm³/mol. The minimum Gasteiger partial charge on any atom is -0.508 e. The van der Waals surface area contributed by atoms with E-state index in [2.05, 4.69) is 64.1 Å². The molecule has 0 saturated heterocycles. The average Bonchev–Trinajstić information content (AvgIpc) is 2.69. The van der Waals surface area contributed by atoms with E-state index in [0.29, 0.717) is 22.3 Å². The summed E-state index contributed by atoms with van der Waals surface area (Å²) in [5.41, 5.74) is 3.65. The van der Waals surface area contributed by atoms with Gasteiger partial charge in [0.1, 0.15) is 11.5 Å². The van der Waals surface area contributed by atoms with Crippen LogP contribution in [-0.2, 0) is 0 Å². The maximum absolute atomic E-state index is 8.63. The Labute approximate surface area is 181 Å². The second-order valence-corrected chi connectivity index (χ2v) is 9.21. The number of para-hydroxylation sites is 2. The van der Waals surface area contributed by atoms with Crippen LogP contribution in [0.3, 0.4) is 0 Å². The third-order valence-electron chi connectivity index (χ3n) is 4.83. The molecule has 0 heterocycles. The fourth-order valence-corrected chi connectivity index (χ4v) is 4.08. The maximum Gasteiger partial charge on any atom is 0.115 e. The SMILES string of the molecule is CC1(C)C=C(c2ccccc2)CC(C)(C)C1.Oc1ccccc1.Oc1ccccc1. The van der Waals surface area contributed by atoms with Crippen LogP contribution in [0.4, 0.5) is 0 Å². The zero-order chi connectivity index (χ0) is 22.0. The first-order valence-electron chi connectivity index (χ1n) is 10.4. The van der Waals surface area contributed by atoms with E-state index in [1.54, 1.807) is 48.5 Å². The van der Waals surface area contributed by atoms with Gasteiger partial charge in [0.05, 0.1) is 0 Å². The van der Waals surface area contributed by atoms with Gasteiger partial charge >= 0.3 is 0 Å². The van der Waals surface area contributed by atoms with Crippen LogP contribution in [0.25, 0.3) is 5.57 Å². The third kappa shape index (κ3) is 8.57. The van der Waals surface area contributed by atoms with Crippen LogP contribution in [0.1, 0.15) is 46.1 Å². The Kier molecular flexibility index (Phi) is 8.29. The van der Waals surface area contributed by atoms with Gasteiger partial charge in [-0.15, -0.1) is 0 Å². The Hall–Kier alpha value is -3.00. The molecule has 0 saturated carbocycles. The Morgan fingerprint density at radius 3 is 1.33 bits per heavy atom. The molecule has 0 atom stereocenters. The second-order valence-electron chi connectivity index (χ2n) is 9.21. The zero-order valence-electron chi connectivity index (χ0n) is 18.5. The van der Waals surface area contributed by atoms with Gasteiger partial charge in [0.15, 0.2) is 0 Å². The van der Waals surface area contributed by atoms with Crippen molar-refractivity contribution in [2.75, 3.05) is 0 Å². The van der Waals surface area contributed by atoms with Gasteiger partial charge < -0.3 is 10.2 Å². The number of allylic oxidation sites excluding steroid dienone is 2. The lowest BCUT2D eigenvalue weighted by Gasteiger charge is -2.39. The number of phenolic OH excluding ortho intramolecular Hbond substituents is 2. The number of rotatable bonds is 1. The van der Waals surface area contributed by atoms with E-state index < -0.39 is 0 Å². The van der Waals surface area contributed by atoms with Gasteiger partial charge in [-0.25, -0.2) is 0 Å². The van der Waals surface area contributed by atoms with Crippen molar-refractivity contribution >= 4 is 5.57 Å². The molecular weight excluding hydrogens is 368 g/mol. The van der Waals surface area contributed by atoms with Crippen LogP contribution >= 0.6 is 0 Å². The van der Waals surface area contributed by atoms with E-state index in [9.17, 15) is 0 Å². The monoisotopic (exact) mass is 402 g/mol. The number of phenols is 2. The van der Waals surface area contributed by atoms with Gasteiger partial charge in [-0.05, 0) is 59.1 Å². The van der Waals surface area contributed by atoms with Crippen molar-refractivity contribution in [1.29, 1.82) is 0 Å². The molecule has 1 aliphatic rings. The molecule has 4 rings (SSSR count). The van der Waals surface area contributed by atoms with Gasteiger partial charge in [-0.3, -0.25) is 0 Å². The molecule has 0 amide bonds. The highest BCUT2D eigenvalue weighted by Crippen LogP contribution is 2.47. The summed E-state index contributed by atoms with van der Waals surface area (Å²) >= 11 is 0. The molecule has 0 aliphatic heterocycles. The van der Waals surface area contributed by atoms with Crippen LogP contribution in [0.15, 0.2) is 97.1 Å². The number of hydrogen-bond acceptors (Lipinski definition) is 2. The summed E-state index contributed by atoms with van der Waals surface area (Å²) in [5.74, 6) is 0.644. The lowest BCUT2D eigenvalue weighted by Crippen LogP contribution is -2.26. The second kappa shape index (κ2) is 10.7. The van der Waals surface area contributed by atoms with E-state index in [4.69, 9.17) is 10.2 Å². The van der Waals surface area contributed by atoms with Crippen LogP contribution in [-0.4, -0.2) is 10.2 Å². The molecule has 2 heteroatoms. The van der Waals surface area contributed by atoms with E-state index in [-0.39, 0.29) is 0 Å². The number of benzene rings is 3. The summed E-state index contributed by atoms with van der Waals surface area (Å²) in [6.45, 7) is 9.45. The number of aromatic hydroxyl groups is 2. The lowest BCUT2D eigenvalue weighted by molar-refractivity contribution is 0.229. The average molecular weight is 403 g/mol. The highest BCUT2D eigenvalue weighted by Gasteiger charge is 2.33. The Morgan fingerprint density at radius 2 is 1.00 bits per heavy atom. The van der Waals surface area contributed by atoms with Gasteiger partial charge in [-0.2, -0.15) is 0 Å². The molecular formula is C28H34O2. The fourth-order valence-electron chi connectivity index (χ4n) is 4.08. The molecule has 0 fully saturated rings. The highest BCUT2D eigenvalue weighted by molar-refractivity contribution is 5.67. The molecule has 2 N–H and O–H groups in total. The maximum atomic E-state index is 8.63. The van der Waals surface area contributed by atoms with Gasteiger partial charge in [-0.1, -0.05) is 101 Å². The number of hydrogen-bond donors (Lipinski definition) is 2. The minimum atomic E-state index is 0.322. The first-order chi connectivity index (χ1) is 14.2. The van der Waals surface area contributed by atoms with E-state index >= 15 is 0 Å². The van der Waals surface area contributed by atoms with Crippen LogP contribution in [0.2, 0.25) is 0 Å². The zero-order valence-corrected chi connectivity index (χ0v) is 18.5. The van der Waals surface area contributed by atoms with Gasteiger partial charge in [0.25, 0.3) is 0 Å². The third-order valence-corrected chi connectivity index (χ3v) is 4.83. The molecule has 30 heavy (non-hydrogen) atoms. The first kappa shape index (κ1) is 23.3. The Morgan fingerprint density at radius 1 is 0.600 bits per heavy atom. The summed E-state index contributed by atoms with van der Waals surface area (Å²) < 4.78 is 0. The molecule has 0 bridgehead atoms. The fraction of sp³-hybridized carbons (Fsp3) is 0.286. The molecule has 1 aliphatic carbocycles. The van der Waals surface area contributed by atoms with Crippen molar-refractivity contribution in [2.24, 2.45) is 10.8 Å². The molecule has 0 aromatic heterocycles. The van der Waals surface area contributed by atoms with Crippen molar-refractivity contribution in [3.63, 3.8) is 0 Å². The molecule has 0 radical (unpaired) electrons. The topological polar surface area (TPSA) is 40.5 Å². The predicted octanol–water partition coefficient (Wildman–Crippen LogP) is 7.70. The van der Waals surface area contributed by atoms with Crippen molar-refractivity contribution < 1.29 is 10.2 Å². The summed E-state index contributed by atoms with van der Waals surface area (Å²) in [6, 6.07) is 28.2. The smallest absolute Gasteiger partial charge is 0.115 e. The van der Waals surface area contributed by atoms with Crippen LogP contribution in [0, 0.1) is 10.8 Å². The molecule has 2 nitrogen and oxygen atoms in total. The lowest BCUT2D eigenvalue weighted by atomic mass is 9.66. The van der Waals surface area contributed by atoms with E-state index in [1.165, 1.54) is 24.0 Å². The van der Waals surface area contributed by atoms with Gasteiger partial charge in [0, 0.05) is 0 Å².